The third-order valence-electron chi connectivity index (χ3n) is 7.09. The molecule has 5 heteroatoms. The Hall–Kier alpha value is -2.37. The van der Waals surface area contributed by atoms with Crippen LogP contribution >= 0.6 is 0 Å². The normalized spacial score (nSPS) is 22.8. The van der Waals surface area contributed by atoms with Crippen molar-refractivity contribution in [3.05, 3.63) is 71.3 Å². The van der Waals surface area contributed by atoms with Gasteiger partial charge < -0.3 is 15.7 Å². The van der Waals surface area contributed by atoms with Gasteiger partial charge in [0.05, 0.1) is 12.6 Å². The fourth-order valence-electron chi connectivity index (χ4n) is 5.07. The quantitative estimate of drug-likeness (QED) is 0.433. The summed E-state index contributed by atoms with van der Waals surface area (Å²) in [6.07, 6.45) is 6.51. The molecule has 0 atom stereocenters. The zero-order valence-electron chi connectivity index (χ0n) is 20.0. The number of hydrogen-bond acceptors (Lipinski definition) is 3. The van der Waals surface area contributed by atoms with E-state index in [2.05, 4.69) is 77.1 Å². The first-order valence-corrected chi connectivity index (χ1v) is 12.8. The fourth-order valence-corrected chi connectivity index (χ4v) is 5.07. The predicted octanol–water partition coefficient (Wildman–Crippen LogP) is 4.42. The van der Waals surface area contributed by atoms with Gasteiger partial charge in [-0.15, -0.1) is 0 Å². The van der Waals surface area contributed by atoms with Crippen LogP contribution in [0.5, 0.6) is 0 Å². The Morgan fingerprint density at radius 1 is 0.909 bits per heavy atom. The van der Waals surface area contributed by atoms with Crippen molar-refractivity contribution in [2.45, 2.75) is 76.6 Å². The molecule has 0 spiro atoms. The van der Waals surface area contributed by atoms with E-state index < -0.39 is 0 Å². The van der Waals surface area contributed by atoms with Gasteiger partial charge in [-0.3, -0.25) is 4.90 Å². The van der Waals surface area contributed by atoms with Crippen LogP contribution in [0.15, 0.2) is 59.6 Å². The van der Waals surface area contributed by atoms with Gasteiger partial charge in [-0.2, -0.15) is 0 Å². The molecule has 0 bridgehead atoms. The van der Waals surface area contributed by atoms with Crippen molar-refractivity contribution in [3.8, 4) is 0 Å². The number of aliphatic hydroxyl groups excluding tert-OH is 1. The summed E-state index contributed by atoms with van der Waals surface area (Å²) in [5.41, 5.74) is 4.05. The maximum atomic E-state index is 9.68. The monoisotopic (exact) mass is 448 g/mol. The standard InChI is InChI=1S/C28H40N4O/c1-2-29-28(31-26-14-12-25(13-15-26)24-6-4-3-5-7-24)30-20-22-8-10-23(11-9-22)21-32-18-16-27(33)17-19-32/h3-11,25-27,33H,2,12-21H2,1H3,(H2,29,30,31). The molecule has 1 saturated carbocycles. The first-order chi connectivity index (χ1) is 16.2. The van der Waals surface area contributed by atoms with Crippen LogP contribution < -0.4 is 10.6 Å². The Bertz CT molecular complexity index is 851. The fraction of sp³-hybridized carbons (Fsp3) is 0.536. The van der Waals surface area contributed by atoms with Gasteiger partial charge in [-0.05, 0) is 68.1 Å². The first kappa shape index (κ1) is 23.8. The van der Waals surface area contributed by atoms with E-state index in [1.54, 1.807) is 0 Å². The van der Waals surface area contributed by atoms with E-state index in [0.29, 0.717) is 18.5 Å². The van der Waals surface area contributed by atoms with Crippen LogP contribution in [0.25, 0.3) is 0 Å². The first-order valence-electron chi connectivity index (χ1n) is 12.8. The topological polar surface area (TPSA) is 59.9 Å². The van der Waals surface area contributed by atoms with Crippen molar-refractivity contribution < 1.29 is 5.11 Å². The summed E-state index contributed by atoms with van der Waals surface area (Å²) in [4.78, 5) is 7.30. The van der Waals surface area contributed by atoms with Crippen LogP contribution in [0.4, 0.5) is 0 Å². The predicted molar refractivity (Wildman–Crippen MR) is 136 cm³/mol. The molecular weight excluding hydrogens is 408 g/mol. The van der Waals surface area contributed by atoms with Crippen molar-refractivity contribution in [1.29, 1.82) is 0 Å². The number of hydrogen-bond donors (Lipinski definition) is 3. The van der Waals surface area contributed by atoms with Crippen LogP contribution in [0.3, 0.4) is 0 Å². The van der Waals surface area contributed by atoms with Crippen LogP contribution in [-0.4, -0.2) is 47.7 Å². The van der Waals surface area contributed by atoms with Gasteiger partial charge in [0.2, 0.25) is 0 Å². The molecule has 2 aromatic carbocycles. The number of likely N-dealkylation sites (tertiary alicyclic amines) is 1. The second-order valence-corrected chi connectivity index (χ2v) is 9.62. The molecule has 2 fully saturated rings. The third-order valence-corrected chi connectivity index (χ3v) is 7.09. The zero-order valence-corrected chi connectivity index (χ0v) is 20.0. The number of nitrogens with one attached hydrogen (secondary N) is 2. The van der Waals surface area contributed by atoms with Gasteiger partial charge in [0.25, 0.3) is 0 Å². The second kappa shape index (κ2) is 12.2. The SMILES string of the molecule is CCNC(=NCc1ccc(CN2CCC(O)CC2)cc1)NC1CCC(c2ccccc2)CC1. The average molecular weight is 449 g/mol. The molecule has 4 rings (SSSR count). The van der Waals surface area contributed by atoms with Crippen LogP contribution in [0, 0.1) is 0 Å². The molecule has 1 heterocycles. The number of aliphatic imine (C=N–C) groups is 1. The molecule has 0 unspecified atom stereocenters. The van der Waals surface area contributed by atoms with Gasteiger partial charge in [0, 0.05) is 32.2 Å². The van der Waals surface area contributed by atoms with Crippen LogP contribution in [0.2, 0.25) is 0 Å². The van der Waals surface area contributed by atoms with Gasteiger partial charge in [-0.1, -0.05) is 54.6 Å². The highest BCUT2D eigenvalue weighted by atomic mass is 16.3. The molecule has 1 aliphatic carbocycles. The summed E-state index contributed by atoms with van der Waals surface area (Å²) in [6, 6.07) is 20.3. The molecule has 178 valence electrons. The number of nitrogens with zero attached hydrogens (tertiary/aromatic N) is 2. The molecule has 0 radical (unpaired) electrons. The number of piperidine rings is 1. The van der Waals surface area contributed by atoms with E-state index >= 15 is 0 Å². The largest absolute Gasteiger partial charge is 0.393 e. The number of guanidine groups is 1. The molecule has 1 aliphatic heterocycles. The van der Waals surface area contributed by atoms with Gasteiger partial charge >= 0.3 is 0 Å². The van der Waals surface area contributed by atoms with Gasteiger partial charge in [-0.25, -0.2) is 4.99 Å². The minimum Gasteiger partial charge on any atom is -0.393 e. The number of rotatable bonds is 7. The van der Waals surface area contributed by atoms with E-state index in [1.807, 2.05) is 0 Å². The zero-order chi connectivity index (χ0) is 22.9. The Kier molecular flexibility index (Phi) is 8.79. The lowest BCUT2D eigenvalue weighted by Crippen LogP contribution is -2.44. The van der Waals surface area contributed by atoms with E-state index in [-0.39, 0.29) is 6.10 Å². The molecule has 2 aliphatic rings. The van der Waals surface area contributed by atoms with Crippen molar-refractivity contribution in [2.75, 3.05) is 19.6 Å². The number of benzene rings is 2. The summed E-state index contributed by atoms with van der Waals surface area (Å²) in [7, 11) is 0. The second-order valence-electron chi connectivity index (χ2n) is 9.62. The van der Waals surface area contributed by atoms with E-state index in [0.717, 1.165) is 45.0 Å². The molecule has 3 N–H and O–H groups in total. The summed E-state index contributed by atoms with van der Waals surface area (Å²) in [5.74, 6) is 1.62. The minimum absolute atomic E-state index is 0.111. The average Bonchev–Trinajstić information content (AvgIpc) is 2.86. The maximum absolute atomic E-state index is 9.68. The Morgan fingerprint density at radius 2 is 1.58 bits per heavy atom. The Balaban J connectivity index is 1.25. The van der Waals surface area contributed by atoms with E-state index in [1.165, 1.54) is 42.4 Å². The summed E-state index contributed by atoms with van der Waals surface area (Å²) >= 11 is 0. The number of aliphatic hydroxyl groups is 1. The maximum Gasteiger partial charge on any atom is 0.191 e. The molecular formula is C28H40N4O. The van der Waals surface area contributed by atoms with Crippen molar-refractivity contribution in [2.24, 2.45) is 4.99 Å². The van der Waals surface area contributed by atoms with Crippen molar-refractivity contribution in [3.63, 3.8) is 0 Å². The highest BCUT2D eigenvalue weighted by Gasteiger charge is 2.23. The Morgan fingerprint density at radius 3 is 2.24 bits per heavy atom. The third kappa shape index (κ3) is 7.31. The van der Waals surface area contributed by atoms with Crippen LogP contribution in [0.1, 0.15) is 68.1 Å². The lowest BCUT2D eigenvalue weighted by Gasteiger charge is -2.30. The Labute approximate surface area is 199 Å². The van der Waals surface area contributed by atoms with Crippen molar-refractivity contribution in [1.82, 2.24) is 15.5 Å². The van der Waals surface area contributed by atoms with Crippen molar-refractivity contribution >= 4 is 5.96 Å². The molecule has 2 aromatic rings. The molecule has 0 aromatic heterocycles. The van der Waals surface area contributed by atoms with E-state index in [9.17, 15) is 5.11 Å². The molecule has 5 nitrogen and oxygen atoms in total. The molecule has 1 saturated heterocycles. The highest BCUT2D eigenvalue weighted by Crippen LogP contribution is 2.32. The summed E-state index contributed by atoms with van der Waals surface area (Å²) < 4.78 is 0. The lowest BCUT2D eigenvalue weighted by molar-refractivity contribution is 0.0792. The molecule has 0 amide bonds. The molecule has 33 heavy (non-hydrogen) atoms. The minimum atomic E-state index is -0.111. The summed E-state index contributed by atoms with van der Waals surface area (Å²) in [6.45, 7) is 6.61. The lowest BCUT2D eigenvalue weighted by atomic mass is 9.82. The van der Waals surface area contributed by atoms with Gasteiger partial charge in [0.15, 0.2) is 5.96 Å². The van der Waals surface area contributed by atoms with Crippen LogP contribution in [-0.2, 0) is 13.1 Å². The van der Waals surface area contributed by atoms with Gasteiger partial charge in [0.1, 0.15) is 0 Å². The van der Waals surface area contributed by atoms with E-state index in [4.69, 9.17) is 4.99 Å². The smallest absolute Gasteiger partial charge is 0.191 e. The summed E-state index contributed by atoms with van der Waals surface area (Å²) in [5, 5.41) is 16.8. The highest BCUT2D eigenvalue weighted by molar-refractivity contribution is 5.80.